The Morgan fingerprint density at radius 2 is 1.70 bits per heavy atom. The molecule has 156 valence electrons. The third-order valence-corrected chi connectivity index (χ3v) is 7.05. The second kappa shape index (κ2) is 8.37. The SMILES string of the molecule is Cc1ccc(S(=O)(=O)N2CCCN(C(=O)c3ccc(-c4nnco4)cc3)CC2)cc1. The van der Waals surface area contributed by atoms with Crippen LogP contribution in [0.25, 0.3) is 11.5 Å². The standard InChI is InChI=1S/C21H22N4O4S/c1-16-3-9-19(10-4-16)30(27,28)25-12-2-11-24(13-14-25)21(26)18-7-5-17(6-8-18)20-23-22-15-29-20/h3-10,15H,2,11-14H2,1H3. The molecule has 1 amide bonds. The van der Waals surface area contributed by atoms with Crippen LogP contribution >= 0.6 is 0 Å². The largest absolute Gasteiger partial charge is 0.423 e. The van der Waals surface area contributed by atoms with Gasteiger partial charge in [0, 0.05) is 37.3 Å². The number of carbonyl (C=O) groups is 1. The van der Waals surface area contributed by atoms with Gasteiger partial charge in [0.15, 0.2) is 0 Å². The minimum Gasteiger partial charge on any atom is -0.423 e. The predicted octanol–water partition coefficient (Wildman–Crippen LogP) is 2.58. The van der Waals surface area contributed by atoms with Crippen molar-refractivity contribution in [1.29, 1.82) is 0 Å². The molecule has 0 atom stereocenters. The van der Waals surface area contributed by atoms with E-state index in [2.05, 4.69) is 10.2 Å². The minimum absolute atomic E-state index is 0.123. The molecule has 1 aromatic heterocycles. The number of hydrogen-bond acceptors (Lipinski definition) is 6. The monoisotopic (exact) mass is 426 g/mol. The predicted molar refractivity (Wildman–Crippen MR) is 110 cm³/mol. The fourth-order valence-corrected chi connectivity index (χ4v) is 4.90. The first-order chi connectivity index (χ1) is 14.4. The lowest BCUT2D eigenvalue weighted by Crippen LogP contribution is -2.37. The van der Waals surface area contributed by atoms with Gasteiger partial charge in [-0.3, -0.25) is 4.79 Å². The van der Waals surface area contributed by atoms with Gasteiger partial charge >= 0.3 is 0 Å². The van der Waals surface area contributed by atoms with E-state index < -0.39 is 10.0 Å². The van der Waals surface area contributed by atoms with E-state index in [0.29, 0.717) is 37.5 Å². The Morgan fingerprint density at radius 1 is 0.967 bits per heavy atom. The molecule has 9 heteroatoms. The molecule has 0 unspecified atom stereocenters. The second-order valence-corrected chi connectivity index (χ2v) is 9.12. The number of aryl methyl sites for hydroxylation is 1. The van der Waals surface area contributed by atoms with Gasteiger partial charge in [0.1, 0.15) is 0 Å². The van der Waals surface area contributed by atoms with E-state index >= 15 is 0 Å². The Kier molecular flexibility index (Phi) is 5.65. The second-order valence-electron chi connectivity index (χ2n) is 7.18. The van der Waals surface area contributed by atoms with E-state index in [1.165, 1.54) is 10.7 Å². The lowest BCUT2D eigenvalue weighted by Gasteiger charge is -2.22. The number of nitrogens with zero attached hydrogens (tertiary/aromatic N) is 4. The molecule has 1 aliphatic heterocycles. The van der Waals surface area contributed by atoms with Gasteiger partial charge in [0.2, 0.25) is 22.3 Å². The van der Waals surface area contributed by atoms with Gasteiger partial charge in [-0.25, -0.2) is 8.42 Å². The molecule has 0 aliphatic carbocycles. The van der Waals surface area contributed by atoms with Crippen molar-refractivity contribution in [2.45, 2.75) is 18.2 Å². The fraction of sp³-hybridized carbons (Fsp3) is 0.286. The fourth-order valence-electron chi connectivity index (χ4n) is 3.43. The molecule has 2 heterocycles. The third-order valence-electron chi connectivity index (χ3n) is 5.14. The van der Waals surface area contributed by atoms with Crippen LogP contribution in [-0.4, -0.2) is 59.9 Å². The van der Waals surface area contributed by atoms with E-state index in [-0.39, 0.29) is 17.3 Å². The van der Waals surface area contributed by atoms with E-state index in [1.54, 1.807) is 53.4 Å². The summed E-state index contributed by atoms with van der Waals surface area (Å²) in [7, 11) is -3.57. The van der Waals surface area contributed by atoms with Crippen molar-refractivity contribution in [3.05, 3.63) is 66.1 Å². The van der Waals surface area contributed by atoms with Crippen LogP contribution in [0.5, 0.6) is 0 Å². The average Bonchev–Trinajstić information content (AvgIpc) is 3.17. The Hall–Kier alpha value is -3.04. The molecule has 0 radical (unpaired) electrons. The summed E-state index contributed by atoms with van der Waals surface area (Å²) < 4.78 is 32.5. The molecule has 8 nitrogen and oxygen atoms in total. The van der Waals surface area contributed by atoms with Gasteiger partial charge < -0.3 is 9.32 Å². The minimum atomic E-state index is -3.57. The number of benzene rings is 2. The number of amides is 1. The first-order valence-electron chi connectivity index (χ1n) is 9.68. The molecule has 0 bridgehead atoms. The van der Waals surface area contributed by atoms with Gasteiger partial charge in [-0.1, -0.05) is 17.7 Å². The molecule has 2 aromatic carbocycles. The van der Waals surface area contributed by atoms with E-state index in [9.17, 15) is 13.2 Å². The van der Waals surface area contributed by atoms with E-state index in [0.717, 1.165) is 11.1 Å². The van der Waals surface area contributed by atoms with Crippen LogP contribution in [-0.2, 0) is 10.0 Å². The van der Waals surface area contributed by atoms with Crippen molar-refractivity contribution in [1.82, 2.24) is 19.4 Å². The first kappa shape index (κ1) is 20.2. The van der Waals surface area contributed by atoms with Crippen molar-refractivity contribution in [3.8, 4) is 11.5 Å². The maximum atomic E-state index is 13.0. The van der Waals surface area contributed by atoms with Gasteiger partial charge in [-0.2, -0.15) is 4.31 Å². The molecule has 0 saturated carbocycles. The highest BCUT2D eigenvalue weighted by molar-refractivity contribution is 7.89. The summed E-state index contributed by atoms with van der Waals surface area (Å²) >= 11 is 0. The Bertz CT molecular complexity index is 1110. The molecule has 4 rings (SSSR count). The third kappa shape index (κ3) is 4.12. The summed E-state index contributed by atoms with van der Waals surface area (Å²) in [6, 6.07) is 13.8. The quantitative estimate of drug-likeness (QED) is 0.636. The highest BCUT2D eigenvalue weighted by Gasteiger charge is 2.28. The lowest BCUT2D eigenvalue weighted by atomic mass is 10.1. The lowest BCUT2D eigenvalue weighted by molar-refractivity contribution is 0.0764. The van der Waals surface area contributed by atoms with E-state index in [4.69, 9.17) is 4.42 Å². The number of hydrogen-bond donors (Lipinski definition) is 0. The molecule has 1 fully saturated rings. The topological polar surface area (TPSA) is 96.6 Å². The van der Waals surface area contributed by atoms with Crippen LogP contribution in [0.3, 0.4) is 0 Å². The Balaban J connectivity index is 1.45. The summed E-state index contributed by atoms with van der Waals surface area (Å²) in [5, 5.41) is 7.50. The van der Waals surface area contributed by atoms with Crippen LogP contribution in [0.4, 0.5) is 0 Å². The molecule has 1 saturated heterocycles. The first-order valence-corrected chi connectivity index (χ1v) is 11.1. The summed E-state index contributed by atoms with van der Waals surface area (Å²) in [5.41, 5.74) is 2.27. The highest BCUT2D eigenvalue weighted by atomic mass is 32.2. The summed E-state index contributed by atoms with van der Waals surface area (Å²) in [6.07, 6.45) is 1.83. The van der Waals surface area contributed by atoms with E-state index in [1.807, 2.05) is 6.92 Å². The van der Waals surface area contributed by atoms with Crippen LogP contribution in [0.15, 0.2) is 64.2 Å². The zero-order valence-electron chi connectivity index (χ0n) is 16.6. The number of aromatic nitrogens is 2. The van der Waals surface area contributed by atoms with Crippen molar-refractivity contribution >= 4 is 15.9 Å². The maximum absolute atomic E-state index is 13.0. The maximum Gasteiger partial charge on any atom is 0.253 e. The number of rotatable bonds is 4. The van der Waals surface area contributed by atoms with Crippen LogP contribution in [0.2, 0.25) is 0 Å². The summed E-state index contributed by atoms with van der Waals surface area (Å²) in [5.74, 6) is 0.266. The van der Waals surface area contributed by atoms with Crippen molar-refractivity contribution in [2.24, 2.45) is 0 Å². The van der Waals surface area contributed by atoms with Crippen LogP contribution in [0, 0.1) is 6.92 Å². The van der Waals surface area contributed by atoms with Crippen molar-refractivity contribution < 1.29 is 17.6 Å². The Morgan fingerprint density at radius 3 is 2.37 bits per heavy atom. The molecular weight excluding hydrogens is 404 g/mol. The van der Waals surface area contributed by atoms with Crippen LogP contribution < -0.4 is 0 Å². The van der Waals surface area contributed by atoms with Gasteiger partial charge in [0.25, 0.3) is 5.91 Å². The molecule has 0 spiro atoms. The number of sulfonamides is 1. The summed E-state index contributed by atoms with van der Waals surface area (Å²) in [6.45, 7) is 3.41. The van der Waals surface area contributed by atoms with Gasteiger partial charge in [-0.05, 0) is 49.7 Å². The van der Waals surface area contributed by atoms with Crippen molar-refractivity contribution in [2.75, 3.05) is 26.2 Å². The van der Waals surface area contributed by atoms with Gasteiger partial charge in [0.05, 0.1) is 4.90 Å². The average molecular weight is 426 g/mol. The molecule has 30 heavy (non-hydrogen) atoms. The highest BCUT2D eigenvalue weighted by Crippen LogP contribution is 2.20. The smallest absolute Gasteiger partial charge is 0.253 e. The molecular formula is C21H22N4O4S. The molecule has 3 aromatic rings. The molecule has 1 aliphatic rings. The van der Waals surface area contributed by atoms with Gasteiger partial charge in [-0.15, -0.1) is 10.2 Å². The normalized spacial score (nSPS) is 15.7. The number of carbonyl (C=O) groups excluding carboxylic acids is 1. The van der Waals surface area contributed by atoms with Crippen LogP contribution in [0.1, 0.15) is 22.3 Å². The Labute approximate surface area is 175 Å². The zero-order chi connectivity index (χ0) is 21.1. The van der Waals surface area contributed by atoms with Crippen molar-refractivity contribution in [3.63, 3.8) is 0 Å². The molecule has 0 N–H and O–H groups in total. The zero-order valence-corrected chi connectivity index (χ0v) is 17.4. The summed E-state index contributed by atoms with van der Waals surface area (Å²) in [4.78, 5) is 14.9.